The summed E-state index contributed by atoms with van der Waals surface area (Å²) in [5, 5.41) is 17.3. The number of carboxylic acid groups (broad SMARTS) is 1. The summed E-state index contributed by atoms with van der Waals surface area (Å²) in [6, 6.07) is 7.91. The molecule has 2 heterocycles. The zero-order chi connectivity index (χ0) is 17.3. The number of rotatable bonds is 4. The van der Waals surface area contributed by atoms with Gasteiger partial charge in [-0.25, -0.2) is 4.68 Å². The number of hydrogen-bond acceptors (Lipinski definition) is 4. The molecule has 126 valence electrons. The summed E-state index contributed by atoms with van der Waals surface area (Å²) >= 11 is 0. The number of carboxylic acids is 1. The van der Waals surface area contributed by atoms with Gasteiger partial charge >= 0.3 is 5.97 Å². The predicted octanol–water partition coefficient (Wildman–Crippen LogP) is 1.36. The van der Waals surface area contributed by atoms with Crippen LogP contribution in [0.4, 0.5) is 0 Å². The second-order valence-electron chi connectivity index (χ2n) is 6.21. The second kappa shape index (κ2) is 6.43. The summed E-state index contributed by atoms with van der Waals surface area (Å²) in [6.45, 7) is 4.66. The van der Waals surface area contributed by atoms with Crippen LogP contribution in [0.3, 0.4) is 0 Å². The summed E-state index contributed by atoms with van der Waals surface area (Å²) < 4.78 is 1.71. The van der Waals surface area contributed by atoms with Gasteiger partial charge in [-0.2, -0.15) is 0 Å². The van der Waals surface area contributed by atoms with Gasteiger partial charge in [0, 0.05) is 13.1 Å². The minimum absolute atomic E-state index is 0.0993. The third-order valence-electron chi connectivity index (χ3n) is 4.48. The van der Waals surface area contributed by atoms with Gasteiger partial charge in [0.1, 0.15) is 0 Å². The van der Waals surface area contributed by atoms with E-state index in [4.69, 9.17) is 5.11 Å². The maximum atomic E-state index is 12.4. The minimum Gasteiger partial charge on any atom is -0.481 e. The number of aryl methyl sites for hydroxylation is 1. The van der Waals surface area contributed by atoms with Crippen LogP contribution in [0.2, 0.25) is 0 Å². The Kier molecular flexibility index (Phi) is 4.33. The number of hydrogen-bond donors (Lipinski definition) is 1. The molecule has 1 aromatic heterocycles. The van der Waals surface area contributed by atoms with Crippen molar-refractivity contribution in [2.45, 2.75) is 26.7 Å². The molecule has 3 rings (SSSR count). The van der Waals surface area contributed by atoms with Crippen molar-refractivity contribution < 1.29 is 14.7 Å². The average Bonchev–Trinajstić information content (AvgIpc) is 3.17. The molecule has 1 atom stereocenters. The molecule has 0 saturated carbocycles. The van der Waals surface area contributed by atoms with Crippen molar-refractivity contribution >= 4 is 11.9 Å². The van der Waals surface area contributed by atoms with E-state index in [1.54, 1.807) is 9.58 Å². The van der Waals surface area contributed by atoms with Gasteiger partial charge in [0.15, 0.2) is 0 Å². The molecule has 1 unspecified atom stereocenters. The van der Waals surface area contributed by atoms with Gasteiger partial charge in [0.25, 0.3) is 0 Å². The van der Waals surface area contributed by atoms with Gasteiger partial charge in [0.05, 0.1) is 29.4 Å². The molecule has 1 amide bonds. The van der Waals surface area contributed by atoms with E-state index in [2.05, 4.69) is 10.3 Å². The highest BCUT2D eigenvalue weighted by Crippen LogP contribution is 2.19. The van der Waals surface area contributed by atoms with Crippen molar-refractivity contribution in [3.05, 3.63) is 41.2 Å². The van der Waals surface area contributed by atoms with Crippen LogP contribution in [-0.2, 0) is 16.0 Å². The van der Waals surface area contributed by atoms with Crippen molar-refractivity contribution in [2.24, 2.45) is 5.92 Å². The molecule has 1 aliphatic rings. The molecule has 0 radical (unpaired) electrons. The maximum absolute atomic E-state index is 12.4. The summed E-state index contributed by atoms with van der Waals surface area (Å²) in [4.78, 5) is 25.0. The number of benzene rings is 1. The van der Waals surface area contributed by atoms with Gasteiger partial charge in [-0.1, -0.05) is 22.9 Å². The molecule has 1 saturated heterocycles. The number of aromatic nitrogens is 3. The lowest BCUT2D eigenvalue weighted by Gasteiger charge is -2.15. The first-order valence-electron chi connectivity index (χ1n) is 7.94. The van der Waals surface area contributed by atoms with Crippen molar-refractivity contribution in [1.82, 2.24) is 19.9 Å². The van der Waals surface area contributed by atoms with E-state index in [9.17, 15) is 9.59 Å². The highest BCUT2D eigenvalue weighted by molar-refractivity contribution is 5.80. The van der Waals surface area contributed by atoms with Gasteiger partial charge < -0.3 is 10.0 Å². The Morgan fingerprint density at radius 2 is 1.96 bits per heavy atom. The van der Waals surface area contributed by atoms with Crippen LogP contribution in [0.25, 0.3) is 5.69 Å². The molecule has 0 aliphatic carbocycles. The first-order chi connectivity index (χ1) is 11.5. The lowest BCUT2D eigenvalue weighted by atomic mass is 10.1. The minimum atomic E-state index is -0.841. The van der Waals surface area contributed by atoms with E-state index in [1.807, 2.05) is 38.1 Å². The van der Waals surface area contributed by atoms with Crippen LogP contribution in [0, 0.1) is 19.8 Å². The fourth-order valence-corrected chi connectivity index (χ4v) is 2.90. The Morgan fingerprint density at radius 3 is 2.58 bits per heavy atom. The molecule has 1 aliphatic heterocycles. The largest absolute Gasteiger partial charge is 0.481 e. The fourth-order valence-electron chi connectivity index (χ4n) is 2.90. The van der Waals surface area contributed by atoms with Gasteiger partial charge in [-0.05, 0) is 32.4 Å². The van der Waals surface area contributed by atoms with Crippen LogP contribution < -0.4 is 0 Å². The number of nitrogens with zero attached hydrogens (tertiary/aromatic N) is 4. The zero-order valence-electron chi connectivity index (χ0n) is 13.8. The maximum Gasteiger partial charge on any atom is 0.308 e. The predicted molar refractivity (Wildman–Crippen MR) is 86.9 cm³/mol. The Balaban J connectivity index is 1.71. The van der Waals surface area contributed by atoms with Gasteiger partial charge in [0.2, 0.25) is 5.91 Å². The molecule has 0 bridgehead atoms. The molecule has 0 spiro atoms. The number of carbonyl (C=O) groups is 2. The van der Waals surface area contributed by atoms with Crippen LogP contribution >= 0.6 is 0 Å². The summed E-state index contributed by atoms with van der Waals surface area (Å²) in [6.07, 6.45) is 0.653. The molecule has 1 aromatic carbocycles. The summed E-state index contributed by atoms with van der Waals surface area (Å²) in [7, 11) is 0. The van der Waals surface area contributed by atoms with E-state index in [0.717, 1.165) is 16.9 Å². The first-order valence-corrected chi connectivity index (χ1v) is 7.94. The Bertz CT molecular complexity index is 767. The highest BCUT2D eigenvalue weighted by Gasteiger charge is 2.31. The highest BCUT2D eigenvalue weighted by atomic mass is 16.4. The molecule has 7 nitrogen and oxygen atoms in total. The number of aliphatic carboxylic acids is 1. The molecular formula is C17H20N4O3. The number of carbonyl (C=O) groups excluding carboxylic acids is 1. The summed E-state index contributed by atoms with van der Waals surface area (Å²) in [5.41, 5.74) is 3.51. The van der Waals surface area contributed by atoms with E-state index in [0.29, 0.717) is 18.7 Å². The standard InChI is InChI=1S/C17H20N4O3/c1-11-3-5-14(6-4-11)21-12(2)15(18-19-21)9-16(22)20-8-7-13(10-20)17(23)24/h3-6,13H,7-10H2,1-2H3,(H,23,24). The zero-order valence-corrected chi connectivity index (χ0v) is 13.8. The average molecular weight is 328 g/mol. The van der Waals surface area contributed by atoms with Crippen molar-refractivity contribution in [1.29, 1.82) is 0 Å². The number of amides is 1. The molecule has 24 heavy (non-hydrogen) atoms. The monoisotopic (exact) mass is 328 g/mol. The smallest absolute Gasteiger partial charge is 0.308 e. The topological polar surface area (TPSA) is 88.3 Å². The molecule has 7 heteroatoms. The lowest BCUT2D eigenvalue weighted by molar-refractivity contribution is -0.141. The molecule has 1 N–H and O–H groups in total. The van der Waals surface area contributed by atoms with Crippen molar-refractivity contribution in [3.8, 4) is 5.69 Å². The number of likely N-dealkylation sites (tertiary alicyclic amines) is 1. The third-order valence-corrected chi connectivity index (χ3v) is 4.48. The van der Waals surface area contributed by atoms with Crippen LogP contribution in [-0.4, -0.2) is 50.0 Å². The Morgan fingerprint density at radius 1 is 1.25 bits per heavy atom. The van der Waals surface area contributed by atoms with E-state index in [1.165, 1.54) is 0 Å². The van der Waals surface area contributed by atoms with Crippen molar-refractivity contribution in [2.75, 3.05) is 13.1 Å². The van der Waals surface area contributed by atoms with E-state index >= 15 is 0 Å². The Labute approximate surface area is 139 Å². The molecule has 1 fully saturated rings. The quantitative estimate of drug-likeness (QED) is 0.915. The van der Waals surface area contributed by atoms with Crippen LogP contribution in [0.5, 0.6) is 0 Å². The van der Waals surface area contributed by atoms with Crippen molar-refractivity contribution in [3.63, 3.8) is 0 Å². The van der Waals surface area contributed by atoms with Crippen LogP contribution in [0.15, 0.2) is 24.3 Å². The van der Waals surface area contributed by atoms with Gasteiger partial charge in [-0.3, -0.25) is 9.59 Å². The molecule has 2 aromatic rings. The first kappa shape index (κ1) is 16.2. The SMILES string of the molecule is Cc1ccc(-n2nnc(CC(=O)N3CCC(C(=O)O)C3)c2C)cc1. The van der Waals surface area contributed by atoms with E-state index < -0.39 is 11.9 Å². The normalized spacial score (nSPS) is 17.2. The van der Waals surface area contributed by atoms with E-state index in [-0.39, 0.29) is 18.9 Å². The van der Waals surface area contributed by atoms with Gasteiger partial charge in [-0.15, -0.1) is 5.10 Å². The summed E-state index contributed by atoms with van der Waals surface area (Å²) in [5.74, 6) is -1.40. The Hall–Kier alpha value is -2.70. The third kappa shape index (κ3) is 3.15. The lowest BCUT2D eigenvalue weighted by Crippen LogP contribution is -2.31. The second-order valence-corrected chi connectivity index (χ2v) is 6.21. The fraction of sp³-hybridized carbons (Fsp3) is 0.412. The van der Waals surface area contributed by atoms with Crippen LogP contribution in [0.1, 0.15) is 23.4 Å². The molecular weight excluding hydrogens is 308 g/mol.